The fourth-order valence-corrected chi connectivity index (χ4v) is 2.40. The summed E-state index contributed by atoms with van der Waals surface area (Å²) in [6.07, 6.45) is 1.14. The highest BCUT2D eigenvalue weighted by atomic mass is 16.4. The number of rotatable bonds is 5. The fraction of sp³-hybridized carbons (Fsp3) is 0.500. The van der Waals surface area contributed by atoms with Gasteiger partial charge in [0.25, 0.3) is 0 Å². The molecule has 1 aromatic carbocycles. The Bertz CT molecular complexity index is 402. The van der Waals surface area contributed by atoms with E-state index in [1.807, 2.05) is 24.3 Å². The number of aliphatic hydroxyl groups excluding tert-OH is 1. The molecule has 0 spiro atoms. The molecule has 1 saturated heterocycles. The molecule has 0 radical (unpaired) electrons. The summed E-state index contributed by atoms with van der Waals surface area (Å²) in [5, 5.41) is 17.8. The van der Waals surface area contributed by atoms with Crippen LogP contribution in [0.15, 0.2) is 24.3 Å². The van der Waals surface area contributed by atoms with Gasteiger partial charge in [0.1, 0.15) is 0 Å². The molecular formula is C14H19NO3. The second-order valence-electron chi connectivity index (χ2n) is 4.96. The maximum atomic E-state index is 10.6. The summed E-state index contributed by atoms with van der Waals surface area (Å²) in [5.74, 6) is -0.385. The van der Waals surface area contributed by atoms with E-state index >= 15 is 0 Å². The topological polar surface area (TPSA) is 60.8 Å². The van der Waals surface area contributed by atoms with Gasteiger partial charge in [-0.3, -0.25) is 9.69 Å². The molecule has 0 amide bonds. The maximum Gasteiger partial charge on any atom is 0.307 e. The number of likely N-dealkylation sites (tertiary alicyclic amines) is 1. The van der Waals surface area contributed by atoms with E-state index in [0.29, 0.717) is 5.92 Å². The smallest absolute Gasteiger partial charge is 0.307 e. The van der Waals surface area contributed by atoms with E-state index in [9.17, 15) is 4.79 Å². The zero-order valence-electron chi connectivity index (χ0n) is 10.4. The number of nitrogens with zero attached hydrogens (tertiary/aromatic N) is 1. The molecule has 1 fully saturated rings. The SMILES string of the molecule is O=C(O)Cc1ccc(CN2CCC(CO)C2)cc1. The summed E-state index contributed by atoms with van der Waals surface area (Å²) >= 11 is 0. The van der Waals surface area contributed by atoms with Gasteiger partial charge in [-0.2, -0.15) is 0 Å². The Balaban J connectivity index is 1.88. The summed E-state index contributed by atoms with van der Waals surface area (Å²) in [4.78, 5) is 12.9. The third-order valence-electron chi connectivity index (χ3n) is 3.41. The molecule has 1 aliphatic heterocycles. The predicted octanol–water partition coefficient (Wildman–Crippen LogP) is 1.13. The minimum atomic E-state index is -0.798. The molecule has 1 heterocycles. The minimum absolute atomic E-state index is 0.0799. The second kappa shape index (κ2) is 5.98. The molecule has 4 nitrogen and oxygen atoms in total. The normalized spacial score (nSPS) is 20.2. The van der Waals surface area contributed by atoms with Crippen LogP contribution in [0.4, 0.5) is 0 Å². The summed E-state index contributed by atoms with van der Waals surface area (Å²) in [5.41, 5.74) is 2.03. The van der Waals surface area contributed by atoms with E-state index in [0.717, 1.165) is 31.6 Å². The van der Waals surface area contributed by atoms with Crippen LogP contribution < -0.4 is 0 Å². The van der Waals surface area contributed by atoms with Crippen molar-refractivity contribution < 1.29 is 15.0 Å². The lowest BCUT2D eigenvalue weighted by molar-refractivity contribution is -0.136. The van der Waals surface area contributed by atoms with Gasteiger partial charge in [-0.25, -0.2) is 0 Å². The van der Waals surface area contributed by atoms with Crippen molar-refractivity contribution >= 4 is 5.97 Å². The largest absolute Gasteiger partial charge is 0.481 e. The van der Waals surface area contributed by atoms with Gasteiger partial charge in [0.15, 0.2) is 0 Å². The Morgan fingerprint density at radius 1 is 1.28 bits per heavy atom. The molecule has 0 aromatic heterocycles. The molecular weight excluding hydrogens is 230 g/mol. The summed E-state index contributed by atoms with van der Waals surface area (Å²) in [6.45, 7) is 3.13. The van der Waals surface area contributed by atoms with E-state index in [1.54, 1.807) is 0 Å². The van der Waals surface area contributed by atoms with Gasteiger partial charge < -0.3 is 10.2 Å². The van der Waals surface area contributed by atoms with Crippen LogP contribution in [0.2, 0.25) is 0 Å². The van der Waals surface area contributed by atoms with Crippen LogP contribution in [0.1, 0.15) is 17.5 Å². The molecule has 1 unspecified atom stereocenters. The van der Waals surface area contributed by atoms with Gasteiger partial charge in [-0.05, 0) is 30.0 Å². The average Bonchev–Trinajstić information content (AvgIpc) is 2.79. The molecule has 2 rings (SSSR count). The highest BCUT2D eigenvalue weighted by molar-refractivity contribution is 5.70. The van der Waals surface area contributed by atoms with Gasteiger partial charge in [0, 0.05) is 19.7 Å². The number of carbonyl (C=O) groups is 1. The minimum Gasteiger partial charge on any atom is -0.481 e. The van der Waals surface area contributed by atoms with Crippen molar-refractivity contribution in [1.29, 1.82) is 0 Å². The third-order valence-corrected chi connectivity index (χ3v) is 3.41. The van der Waals surface area contributed by atoms with Crippen LogP contribution in [0.5, 0.6) is 0 Å². The molecule has 1 atom stereocenters. The average molecular weight is 249 g/mol. The Morgan fingerprint density at radius 3 is 2.50 bits per heavy atom. The van der Waals surface area contributed by atoms with Crippen molar-refractivity contribution in [2.24, 2.45) is 5.92 Å². The lowest BCUT2D eigenvalue weighted by Gasteiger charge is -2.15. The van der Waals surface area contributed by atoms with Gasteiger partial charge in [0.2, 0.25) is 0 Å². The monoisotopic (exact) mass is 249 g/mol. The first kappa shape index (κ1) is 13.1. The van der Waals surface area contributed by atoms with Crippen LogP contribution in [0.3, 0.4) is 0 Å². The van der Waals surface area contributed by atoms with Crippen molar-refractivity contribution in [2.45, 2.75) is 19.4 Å². The number of hydrogen-bond acceptors (Lipinski definition) is 3. The molecule has 18 heavy (non-hydrogen) atoms. The molecule has 1 aromatic rings. The number of carboxylic acid groups (broad SMARTS) is 1. The highest BCUT2D eigenvalue weighted by Gasteiger charge is 2.21. The molecule has 2 N–H and O–H groups in total. The van der Waals surface area contributed by atoms with E-state index in [4.69, 9.17) is 10.2 Å². The summed E-state index contributed by atoms with van der Waals surface area (Å²) < 4.78 is 0. The maximum absolute atomic E-state index is 10.6. The molecule has 0 aliphatic carbocycles. The van der Waals surface area contributed by atoms with E-state index in [-0.39, 0.29) is 13.0 Å². The van der Waals surface area contributed by atoms with Gasteiger partial charge in [-0.15, -0.1) is 0 Å². The first-order chi connectivity index (χ1) is 8.67. The molecule has 0 saturated carbocycles. The van der Waals surface area contributed by atoms with Gasteiger partial charge in [-0.1, -0.05) is 24.3 Å². The highest BCUT2D eigenvalue weighted by Crippen LogP contribution is 2.18. The molecule has 1 aliphatic rings. The fourth-order valence-electron chi connectivity index (χ4n) is 2.40. The first-order valence-electron chi connectivity index (χ1n) is 6.30. The lowest BCUT2D eigenvalue weighted by Crippen LogP contribution is -2.20. The number of hydrogen-bond donors (Lipinski definition) is 2. The predicted molar refractivity (Wildman–Crippen MR) is 68.3 cm³/mol. The second-order valence-corrected chi connectivity index (χ2v) is 4.96. The van der Waals surface area contributed by atoms with Crippen LogP contribution in [-0.4, -0.2) is 40.8 Å². The van der Waals surface area contributed by atoms with Crippen molar-refractivity contribution in [2.75, 3.05) is 19.7 Å². The number of aliphatic carboxylic acids is 1. The van der Waals surface area contributed by atoms with Gasteiger partial charge in [0.05, 0.1) is 6.42 Å². The third kappa shape index (κ3) is 3.55. The van der Waals surface area contributed by atoms with Crippen LogP contribution >= 0.6 is 0 Å². The Hall–Kier alpha value is -1.39. The van der Waals surface area contributed by atoms with Crippen LogP contribution in [-0.2, 0) is 17.8 Å². The number of carboxylic acids is 1. The van der Waals surface area contributed by atoms with Crippen LogP contribution in [0.25, 0.3) is 0 Å². The Kier molecular flexibility index (Phi) is 4.33. The number of aliphatic hydroxyl groups is 1. The van der Waals surface area contributed by atoms with Crippen molar-refractivity contribution in [3.8, 4) is 0 Å². The van der Waals surface area contributed by atoms with Crippen molar-refractivity contribution in [1.82, 2.24) is 4.90 Å². The molecule has 4 heteroatoms. The zero-order chi connectivity index (χ0) is 13.0. The standard InChI is InChI=1S/C14H19NO3/c16-10-13-5-6-15(9-13)8-12-3-1-11(2-4-12)7-14(17)18/h1-4,13,16H,5-10H2,(H,17,18). The van der Waals surface area contributed by atoms with E-state index in [1.165, 1.54) is 5.56 Å². The van der Waals surface area contributed by atoms with Crippen molar-refractivity contribution in [3.63, 3.8) is 0 Å². The van der Waals surface area contributed by atoms with Gasteiger partial charge >= 0.3 is 5.97 Å². The number of benzene rings is 1. The molecule has 98 valence electrons. The van der Waals surface area contributed by atoms with Crippen LogP contribution in [0, 0.1) is 5.92 Å². The van der Waals surface area contributed by atoms with Crippen molar-refractivity contribution in [3.05, 3.63) is 35.4 Å². The summed E-state index contributed by atoms with van der Waals surface area (Å²) in [6, 6.07) is 7.74. The lowest BCUT2D eigenvalue weighted by atomic mass is 10.1. The quantitative estimate of drug-likeness (QED) is 0.821. The first-order valence-corrected chi connectivity index (χ1v) is 6.30. The zero-order valence-corrected chi connectivity index (χ0v) is 10.4. The Labute approximate surface area is 107 Å². The summed E-state index contributed by atoms with van der Waals surface area (Å²) in [7, 11) is 0. The molecule has 0 bridgehead atoms. The Morgan fingerprint density at radius 2 is 1.94 bits per heavy atom. The van der Waals surface area contributed by atoms with E-state index in [2.05, 4.69) is 4.90 Å². The van der Waals surface area contributed by atoms with E-state index < -0.39 is 5.97 Å².